The van der Waals surface area contributed by atoms with Crippen molar-refractivity contribution in [3.63, 3.8) is 0 Å². The predicted octanol–water partition coefficient (Wildman–Crippen LogP) is 3.07. The average molecular weight is 285 g/mol. The summed E-state index contributed by atoms with van der Waals surface area (Å²) in [6, 6.07) is 4.67. The van der Waals surface area contributed by atoms with Crippen molar-refractivity contribution in [2.45, 2.75) is 32.7 Å². The van der Waals surface area contributed by atoms with Gasteiger partial charge < -0.3 is 4.74 Å². The molecule has 0 bridgehead atoms. The molecule has 0 spiro atoms. The van der Waals surface area contributed by atoms with Crippen LogP contribution in [0.1, 0.15) is 11.1 Å². The van der Waals surface area contributed by atoms with E-state index in [1.807, 2.05) is 0 Å². The number of hydrogen-bond acceptors (Lipinski definition) is 1. The van der Waals surface area contributed by atoms with Crippen molar-refractivity contribution in [3.05, 3.63) is 27.7 Å². The SMILES string of the molecule is C[Si](C)(C)c1cc(Br)c2c(c1)COCC2. The minimum atomic E-state index is -1.21. The molecule has 1 aromatic carbocycles. The molecule has 0 saturated carbocycles. The van der Waals surface area contributed by atoms with Crippen molar-refractivity contribution >= 4 is 29.2 Å². The van der Waals surface area contributed by atoms with Crippen molar-refractivity contribution < 1.29 is 4.74 Å². The molecule has 0 aliphatic carbocycles. The van der Waals surface area contributed by atoms with Gasteiger partial charge in [-0.1, -0.05) is 46.8 Å². The van der Waals surface area contributed by atoms with Crippen LogP contribution in [0, 0.1) is 0 Å². The summed E-state index contributed by atoms with van der Waals surface area (Å²) < 4.78 is 6.79. The topological polar surface area (TPSA) is 9.23 Å². The molecule has 0 atom stereocenters. The van der Waals surface area contributed by atoms with E-state index in [-0.39, 0.29) is 0 Å². The third-order valence-corrected chi connectivity index (χ3v) is 5.64. The van der Waals surface area contributed by atoms with Crippen LogP contribution in [0.3, 0.4) is 0 Å². The van der Waals surface area contributed by atoms with Crippen LogP contribution < -0.4 is 5.19 Å². The van der Waals surface area contributed by atoms with E-state index in [0.717, 1.165) is 19.6 Å². The Morgan fingerprint density at radius 2 is 2.00 bits per heavy atom. The van der Waals surface area contributed by atoms with Gasteiger partial charge in [-0.25, -0.2) is 0 Å². The molecule has 15 heavy (non-hydrogen) atoms. The van der Waals surface area contributed by atoms with E-state index < -0.39 is 8.07 Å². The monoisotopic (exact) mass is 284 g/mol. The quantitative estimate of drug-likeness (QED) is 0.721. The largest absolute Gasteiger partial charge is 0.376 e. The minimum Gasteiger partial charge on any atom is -0.376 e. The first-order valence-corrected chi connectivity index (χ1v) is 9.67. The first kappa shape index (κ1) is 11.4. The van der Waals surface area contributed by atoms with Crippen molar-refractivity contribution in [1.29, 1.82) is 0 Å². The predicted molar refractivity (Wildman–Crippen MR) is 70.5 cm³/mol. The second-order valence-corrected chi connectivity index (χ2v) is 11.1. The fraction of sp³-hybridized carbons (Fsp3) is 0.500. The summed E-state index contributed by atoms with van der Waals surface area (Å²) in [7, 11) is -1.21. The Labute approximate surface area is 101 Å². The zero-order chi connectivity index (χ0) is 11.1. The van der Waals surface area contributed by atoms with E-state index in [1.165, 1.54) is 20.8 Å². The van der Waals surface area contributed by atoms with Gasteiger partial charge in [0.15, 0.2) is 0 Å². The first-order chi connectivity index (χ1) is 6.98. The van der Waals surface area contributed by atoms with Crippen LogP contribution in [-0.2, 0) is 17.8 Å². The molecule has 0 fully saturated rings. The number of fused-ring (bicyclic) bond motifs is 1. The van der Waals surface area contributed by atoms with Gasteiger partial charge in [0.25, 0.3) is 0 Å². The van der Waals surface area contributed by atoms with Gasteiger partial charge in [0.1, 0.15) is 0 Å². The van der Waals surface area contributed by atoms with Crippen molar-refractivity contribution in [2.75, 3.05) is 6.61 Å². The summed E-state index contributed by atoms with van der Waals surface area (Å²) in [5, 5.41) is 1.51. The molecule has 1 nitrogen and oxygen atoms in total. The number of ether oxygens (including phenoxy) is 1. The maximum absolute atomic E-state index is 5.51. The summed E-state index contributed by atoms with van der Waals surface area (Å²) in [4.78, 5) is 0. The summed E-state index contributed by atoms with van der Waals surface area (Å²) in [6.45, 7) is 8.78. The molecular weight excluding hydrogens is 268 g/mol. The van der Waals surface area contributed by atoms with E-state index in [4.69, 9.17) is 4.74 Å². The Morgan fingerprint density at radius 1 is 1.27 bits per heavy atom. The molecule has 0 saturated heterocycles. The molecule has 1 aromatic rings. The summed E-state index contributed by atoms with van der Waals surface area (Å²) >= 11 is 3.69. The molecule has 3 heteroatoms. The van der Waals surface area contributed by atoms with Crippen LogP contribution in [0.15, 0.2) is 16.6 Å². The van der Waals surface area contributed by atoms with E-state index >= 15 is 0 Å². The molecule has 82 valence electrons. The fourth-order valence-corrected chi connectivity index (χ4v) is 3.99. The summed E-state index contributed by atoms with van der Waals surface area (Å²) in [6.07, 6.45) is 1.04. The highest BCUT2D eigenvalue weighted by Gasteiger charge is 2.21. The van der Waals surface area contributed by atoms with Crippen LogP contribution in [0.2, 0.25) is 19.6 Å². The second-order valence-electron chi connectivity index (χ2n) is 5.15. The zero-order valence-electron chi connectivity index (χ0n) is 9.56. The van der Waals surface area contributed by atoms with Crippen LogP contribution in [0.25, 0.3) is 0 Å². The highest BCUT2D eigenvalue weighted by atomic mass is 79.9. The third-order valence-electron chi connectivity index (χ3n) is 2.91. The van der Waals surface area contributed by atoms with Gasteiger partial charge in [0.2, 0.25) is 0 Å². The maximum Gasteiger partial charge on any atom is 0.0776 e. The van der Waals surface area contributed by atoms with Crippen molar-refractivity contribution in [1.82, 2.24) is 0 Å². The van der Waals surface area contributed by atoms with Crippen LogP contribution in [0.4, 0.5) is 0 Å². The molecule has 1 aliphatic heterocycles. The summed E-state index contributed by atoms with van der Waals surface area (Å²) in [5.41, 5.74) is 2.83. The lowest BCUT2D eigenvalue weighted by atomic mass is 10.0. The second kappa shape index (κ2) is 4.04. The Hall–Kier alpha value is -0.123. The smallest absolute Gasteiger partial charge is 0.0776 e. The van der Waals surface area contributed by atoms with Gasteiger partial charge >= 0.3 is 0 Å². The summed E-state index contributed by atoms with van der Waals surface area (Å²) in [5.74, 6) is 0. The van der Waals surface area contributed by atoms with Gasteiger partial charge in [-0.15, -0.1) is 0 Å². The average Bonchev–Trinajstić information content (AvgIpc) is 2.16. The number of benzene rings is 1. The van der Waals surface area contributed by atoms with Gasteiger partial charge in [-0.2, -0.15) is 0 Å². The molecule has 0 amide bonds. The van der Waals surface area contributed by atoms with Crippen molar-refractivity contribution in [2.24, 2.45) is 0 Å². The normalized spacial score (nSPS) is 16.3. The molecule has 0 N–H and O–H groups in total. The Bertz CT molecular complexity index is 382. The van der Waals surface area contributed by atoms with E-state index in [2.05, 4.69) is 47.7 Å². The molecule has 2 rings (SSSR count). The van der Waals surface area contributed by atoms with Crippen LogP contribution >= 0.6 is 15.9 Å². The van der Waals surface area contributed by atoms with Gasteiger partial charge in [-0.3, -0.25) is 0 Å². The molecule has 0 aromatic heterocycles. The first-order valence-electron chi connectivity index (χ1n) is 5.38. The van der Waals surface area contributed by atoms with Crippen molar-refractivity contribution in [3.8, 4) is 0 Å². The van der Waals surface area contributed by atoms with Gasteiger partial charge in [-0.05, 0) is 23.6 Å². The third kappa shape index (κ3) is 2.35. The minimum absolute atomic E-state index is 0.784. The zero-order valence-corrected chi connectivity index (χ0v) is 12.1. The Balaban J connectivity index is 2.50. The molecule has 0 unspecified atom stereocenters. The molecule has 0 radical (unpaired) electrons. The number of rotatable bonds is 1. The van der Waals surface area contributed by atoms with Gasteiger partial charge in [0, 0.05) is 4.47 Å². The molecule has 1 aliphatic rings. The lowest BCUT2D eigenvalue weighted by molar-refractivity contribution is 0.110. The van der Waals surface area contributed by atoms with Crippen LogP contribution in [-0.4, -0.2) is 14.7 Å². The standard InChI is InChI=1S/C12H17BrOSi/c1-15(2,3)10-6-9-8-14-5-4-11(9)12(13)7-10/h6-7H,4-5,8H2,1-3H3. The van der Waals surface area contributed by atoms with E-state index in [0.29, 0.717) is 0 Å². The van der Waals surface area contributed by atoms with E-state index in [1.54, 1.807) is 0 Å². The Kier molecular flexibility index (Phi) is 3.06. The number of halogens is 1. The maximum atomic E-state index is 5.51. The lowest BCUT2D eigenvalue weighted by Crippen LogP contribution is -2.38. The lowest BCUT2D eigenvalue weighted by Gasteiger charge is -2.23. The highest BCUT2D eigenvalue weighted by Crippen LogP contribution is 2.25. The molecular formula is C12H17BrOSi. The molecule has 1 heterocycles. The van der Waals surface area contributed by atoms with Gasteiger partial charge in [0.05, 0.1) is 21.3 Å². The van der Waals surface area contributed by atoms with E-state index in [9.17, 15) is 0 Å². The highest BCUT2D eigenvalue weighted by molar-refractivity contribution is 9.10. The number of hydrogen-bond donors (Lipinski definition) is 0. The van der Waals surface area contributed by atoms with Crippen LogP contribution in [0.5, 0.6) is 0 Å². The fourth-order valence-electron chi connectivity index (χ4n) is 1.89. The Morgan fingerprint density at radius 3 is 2.67 bits per heavy atom.